The average Bonchev–Trinajstić information content (AvgIpc) is 2.91. The first-order valence-corrected chi connectivity index (χ1v) is 7.77. The van der Waals surface area contributed by atoms with Crippen molar-refractivity contribution in [3.63, 3.8) is 0 Å². The number of ether oxygens (including phenoxy) is 2. The lowest BCUT2D eigenvalue weighted by molar-refractivity contribution is 0.0846. The normalized spacial score (nSPS) is 21.3. The van der Waals surface area contributed by atoms with E-state index in [1.54, 1.807) is 0 Å². The topological polar surface area (TPSA) is 30.5 Å². The smallest absolute Gasteiger partial charge is 0.0623 e. The van der Waals surface area contributed by atoms with Gasteiger partial charge in [-0.25, -0.2) is 0 Å². The molecule has 3 heteroatoms. The molecule has 0 aromatic rings. The molecule has 1 rings (SSSR count). The molecular formula is C15H31NO2. The summed E-state index contributed by atoms with van der Waals surface area (Å²) in [5, 5.41) is 3.61. The van der Waals surface area contributed by atoms with Gasteiger partial charge in [-0.1, -0.05) is 33.1 Å². The fourth-order valence-electron chi connectivity index (χ4n) is 2.40. The van der Waals surface area contributed by atoms with Crippen molar-refractivity contribution in [2.45, 2.75) is 58.4 Å². The van der Waals surface area contributed by atoms with Gasteiger partial charge < -0.3 is 14.8 Å². The molecule has 1 heterocycles. The summed E-state index contributed by atoms with van der Waals surface area (Å²) in [6, 6.07) is 0.485. The van der Waals surface area contributed by atoms with E-state index in [0.29, 0.717) is 12.0 Å². The highest BCUT2D eigenvalue weighted by Gasteiger charge is 2.25. The Bertz CT molecular complexity index is 181. The molecule has 0 radical (unpaired) electrons. The molecule has 1 aliphatic rings. The zero-order valence-corrected chi connectivity index (χ0v) is 12.2. The minimum atomic E-state index is 0.485. The molecule has 0 amide bonds. The summed E-state index contributed by atoms with van der Waals surface area (Å²) in [6.45, 7) is 9.12. The van der Waals surface area contributed by atoms with Crippen LogP contribution in [0.1, 0.15) is 52.4 Å². The molecule has 0 saturated carbocycles. The third-order valence-corrected chi connectivity index (χ3v) is 3.63. The van der Waals surface area contributed by atoms with Crippen molar-refractivity contribution in [2.75, 3.05) is 33.0 Å². The van der Waals surface area contributed by atoms with Gasteiger partial charge >= 0.3 is 0 Å². The SMILES string of the molecule is CCCCCCOCC(NCCC)C1CCOC1. The van der Waals surface area contributed by atoms with E-state index in [1.165, 1.54) is 38.5 Å². The molecule has 0 aromatic heterocycles. The summed E-state index contributed by atoms with van der Waals surface area (Å²) in [5.74, 6) is 0.646. The van der Waals surface area contributed by atoms with Gasteiger partial charge in [-0.15, -0.1) is 0 Å². The van der Waals surface area contributed by atoms with Gasteiger partial charge in [-0.2, -0.15) is 0 Å². The second-order valence-corrected chi connectivity index (χ2v) is 5.32. The molecule has 0 bridgehead atoms. The largest absolute Gasteiger partial charge is 0.381 e. The molecule has 1 saturated heterocycles. The van der Waals surface area contributed by atoms with Crippen LogP contribution in [0.5, 0.6) is 0 Å². The summed E-state index contributed by atoms with van der Waals surface area (Å²) in [7, 11) is 0. The molecule has 2 atom stereocenters. The molecule has 18 heavy (non-hydrogen) atoms. The Hall–Kier alpha value is -0.120. The fraction of sp³-hybridized carbons (Fsp3) is 1.00. The van der Waals surface area contributed by atoms with Gasteiger partial charge in [-0.05, 0) is 25.8 Å². The van der Waals surface area contributed by atoms with Gasteiger partial charge in [0.2, 0.25) is 0 Å². The molecule has 3 nitrogen and oxygen atoms in total. The van der Waals surface area contributed by atoms with Crippen LogP contribution in [-0.4, -0.2) is 39.0 Å². The van der Waals surface area contributed by atoms with Crippen molar-refractivity contribution in [1.82, 2.24) is 5.32 Å². The highest BCUT2D eigenvalue weighted by Crippen LogP contribution is 2.17. The van der Waals surface area contributed by atoms with E-state index in [1.807, 2.05) is 0 Å². The quantitative estimate of drug-likeness (QED) is 0.577. The van der Waals surface area contributed by atoms with E-state index in [9.17, 15) is 0 Å². The van der Waals surface area contributed by atoms with Crippen LogP contribution >= 0.6 is 0 Å². The Labute approximate surface area is 113 Å². The molecule has 1 fully saturated rings. The molecule has 0 spiro atoms. The van der Waals surface area contributed by atoms with Crippen molar-refractivity contribution in [3.05, 3.63) is 0 Å². The maximum Gasteiger partial charge on any atom is 0.0623 e. The van der Waals surface area contributed by atoms with E-state index in [0.717, 1.165) is 33.0 Å². The summed E-state index contributed by atoms with van der Waals surface area (Å²) in [4.78, 5) is 0. The lowest BCUT2D eigenvalue weighted by atomic mass is 9.99. The molecule has 2 unspecified atom stereocenters. The molecule has 1 aliphatic heterocycles. The van der Waals surface area contributed by atoms with Crippen molar-refractivity contribution < 1.29 is 9.47 Å². The van der Waals surface area contributed by atoms with E-state index >= 15 is 0 Å². The first-order valence-electron chi connectivity index (χ1n) is 7.77. The number of hydrogen-bond acceptors (Lipinski definition) is 3. The predicted octanol–water partition coefficient (Wildman–Crippen LogP) is 2.99. The van der Waals surface area contributed by atoms with Gasteiger partial charge in [0.25, 0.3) is 0 Å². The van der Waals surface area contributed by atoms with Crippen molar-refractivity contribution >= 4 is 0 Å². The Morgan fingerprint density at radius 2 is 2.11 bits per heavy atom. The summed E-state index contributed by atoms with van der Waals surface area (Å²) < 4.78 is 11.3. The van der Waals surface area contributed by atoms with Crippen LogP contribution in [0, 0.1) is 5.92 Å². The van der Waals surface area contributed by atoms with Gasteiger partial charge in [-0.3, -0.25) is 0 Å². The summed E-state index contributed by atoms with van der Waals surface area (Å²) >= 11 is 0. The second-order valence-electron chi connectivity index (χ2n) is 5.32. The highest BCUT2D eigenvalue weighted by atomic mass is 16.5. The van der Waals surface area contributed by atoms with E-state index in [-0.39, 0.29) is 0 Å². The Morgan fingerprint density at radius 1 is 1.22 bits per heavy atom. The molecule has 1 N–H and O–H groups in total. The summed E-state index contributed by atoms with van der Waals surface area (Å²) in [5.41, 5.74) is 0. The van der Waals surface area contributed by atoms with Gasteiger partial charge in [0.1, 0.15) is 0 Å². The molecular weight excluding hydrogens is 226 g/mol. The Morgan fingerprint density at radius 3 is 2.78 bits per heavy atom. The predicted molar refractivity (Wildman–Crippen MR) is 76.0 cm³/mol. The summed E-state index contributed by atoms with van der Waals surface area (Å²) in [6.07, 6.45) is 7.49. The van der Waals surface area contributed by atoms with Gasteiger partial charge in [0.15, 0.2) is 0 Å². The first-order chi connectivity index (χ1) is 8.88. The molecule has 108 valence electrons. The number of hydrogen-bond donors (Lipinski definition) is 1. The highest BCUT2D eigenvalue weighted by molar-refractivity contribution is 4.79. The molecule has 0 aromatic carbocycles. The van der Waals surface area contributed by atoms with Crippen molar-refractivity contribution in [1.29, 1.82) is 0 Å². The van der Waals surface area contributed by atoms with Gasteiger partial charge in [0.05, 0.1) is 13.2 Å². The van der Waals surface area contributed by atoms with E-state index in [4.69, 9.17) is 9.47 Å². The minimum Gasteiger partial charge on any atom is -0.381 e. The standard InChI is InChI=1S/C15H31NO2/c1-3-5-6-7-10-17-13-15(16-9-4-2)14-8-11-18-12-14/h14-16H,3-13H2,1-2H3. The number of rotatable bonds is 11. The van der Waals surface area contributed by atoms with Crippen molar-refractivity contribution in [2.24, 2.45) is 5.92 Å². The third-order valence-electron chi connectivity index (χ3n) is 3.63. The average molecular weight is 257 g/mol. The van der Waals surface area contributed by atoms with Crippen LogP contribution in [0.4, 0.5) is 0 Å². The Kier molecular flexibility index (Phi) is 9.54. The fourth-order valence-corrected chi connectivity index (χ4v) is 2.40. The maximum absolute atomic E-state index is 5.83. The monoisotopic (exact) mass is 257 g/mol. The lowest BCUT2D eigenvalue weighted by Crippen LogP contribution is -2.41. The first kappa shape index (κ1) is 15.9. The number of unbranched alkanes of at least 4 members (excludes halogenated alkanes) is 3. The van der Waals surface area contributed by atoms with Crippen molar-refractivity contribution in [3.8, 4) is 0 Å². The Balaban J connectivity index is 2.11. The number of nitrogens with one attached hydrogen (secondary N) is 1. The van der Waals surface area contributed by atoms with Crippen LogP contribution in [0.25, 0.3) is 0 Å². The third kappa shape index (κ3) is 6.72. The van der Waals surface area contributed by atoms with E-state index in [2.05, 4.69) is 19.2 Å². The lowest BCUT2D eigenvalue weighted by Gasteiger charge is -2.23. The zero-order chi connectivity index (χ0) is 13.1. The minimum absolute atomic E-state index is 0.485. The van der Waals surface area contributed by atoms with Gasteiger partial charge in [0, 0.05) is 25.2 Å². The van der Waals surface area contributed by atoms with Crippen LogP contribution in [0.3, 0.4) is 0 Å². The van der Waals surface area contributed by atoms with E-state index < -0.39 is 0 Å². The second kappa shape index (κ2) is 10.8. The van der Waals surface area contributed by atoms with Crippen LogP contribution in [0.2, 0.25) is 0 Å². The van der Waals surface area contributed by atoms with Crippen LogP contribution in [0.15, 0.2) is 0 Å². The van der Waals surface area contributed by atoms with Crippen LogP contribution < -0.4 is 5.32 Å². The zero-order valence-electron chi connectivity index (χ0n) is 12.2. The molecule has 0 aliphatic carbocycles. The maximum atomic E-state index is 5.83. The van der Waals surface area contributed by atoms with Crippen LogP contribution in [-0.2, 0) is 9.47 Å².